The molecule has 1 heterocycles. The fourth-order valence-electron chi connectivity index (χ4n) is 1.66. The highest BCUT2D eigenvalue weighted by Gasteiger charge is 2.17. The van der Waals surface area contributed by atoms with E-state index in [0.717, 1.165) is 6.54 Å². The van der Waals surface area contributed by atoms with Crippen molar-refractivity contribution in [3.8, 4) is 0 Å². The first-order chi connectivity index (χ1) is 7.19. The number of rotatable bonds is 5. The second-order valence-electron chi connectivity index (χ2n) is 3.77. The molecular weight excluding hydrogens is 188 g/mol. The number of likely N-dealkylation sites (N-methyl/N-ethyl adjacent to an activating group) is 1. The molecule has 2 atom stereocenters. The lowest BCUT2D eigenvalue weighted by Crippen LogP contribution is -2.31. The minimum Gasteiger partial charge on any atom is -0.380 e. The molecule has 0 aromatic carbocycles. The molecule has 3 nitrogen and oxygen atoms in total. The van der Waals surface area contributed by atoms with Crippen molar-refractivity contribution in [2.75, 3.05) is 13.7 Å². The maximum absolute atomic E-state index is 5.37. The third-order valence-corrected chi connectivity index (χ3v) is 2.52. The van der Waals surface area contributed by atoms with E-state index in [2.05, 4.69) is 37.1 Å². The Hall–Kier alpha value is -0.930. The van der Waals surface area contributed by atoms with Gasteiger partial charge in [0, 0.05) is 19.5 Å². The van der Waals surface area contributed by atoms with Gasteiger partial charge < -0.3 is 10.1 Å². The molecule has 0 radical (unpaired) electrons. The van der Waals surface area contributed by atoms with Crippen molar-refractivity contribution in [3.05, 3.63) is 29.6 Å². The monoisotopic (exact) mass is 208 g/mol. The molecule has 0 spiro atoms. The quantitative estimate of drug-likeness (QED) is 0.804. The molecule has 2 unspecified atom stereocenters. The Kier molecular flexibility index (Phi) is 4.72. The number of hydrogen-bond acceptors (Lipinski definition) is 3. The minimum absolute atomic E-state index is 0.147. The van der Waals surface area contributed by atoms with Crippen LogP contribution >= 0.6 is 0 Å². The molecule has 1 rings (SSSR count). The van der Waals surface area contributed by atoms with E-state index in [9.17, 15) is 0 Å². The van der Waals surface area contributed by atoms with Gasteiger partial charge in [0.2, 0.25) is 0 Å². The van der Waals surface area contributed by atoms with Crippen molar-refractivity contribution >= 4 is 0 Å². The van der Waals surface area contributed by atoms with Crippen LogP contribution in [0.3, 0.4) is 0 Å². The molecule has 1 aromatic rings. The Balaban J connectivity index is 2.88. The summed E-state index contributed by atoms with van der Waals surface area (Å²) in [7, 11) is 1.73. The number of nitrogens with zero attached hydrogens (tertiary/aromatic N) is 1. The molecule has 0 saturated carbocycles. The van der Waals surface area contributed by atoms with Crippen LogP contribution < -0.4 is 5.32 Å². The number of pyridine rings is 1. The number of hydrogen-bond donors (Lipinski definition) is 1. The van der Waals surface area contributed by atoms with Gasteiger partial charge in [-0.2, -0.15) is 0 Å². The number of aromatic nitrogens is 1. The first-order valence-electron chi connectivity index (χ1n) is 5.36. The largest absolute Gasteiger partial charge is 0.380 e. The Labute approximate surface area is 91.9 Å². The van der Waals surface area contributed by atoms with Crippen LogP contribution in [0.4, 0.5) is 0 Å². The lowest BCUT2D eigenvalue weighted by atomic mass is 10.0. The van der Waals surface area contributed by atoms with Crippen molar-refractivity contribution in [1.29, 1.82) is 0 Å². The Morgan fingerprint density at radius 2 is 2.20 bits per heavy atom. The lowest BCUT2D eigenvalue weighted by Gasteiger charge is -2.24. The SMILES string of the molecule is CCNC(c1cncc(C)c1)C(C)OC. The fraction of sp³-hybridized carbons (Fsp3) is 0.583. The van der Waals surface area contributed by atoms with Gasteiger partial charge in [0.25, 0.3) is 0 Å². The fourth-order valence-corrected chi connectivity index (χ4v) is 1.66. The summed E-state index contributed by atoms with van der Waals surface area (Å²) in [6.45, 7) is 7.14. The topological polar surface area (TPSA) is 34.2 Å². The average Bonchev–Trinajstić information content (AvgIpc) is 2.25. The summed E-state index contributed by atoms with van der Waals surface area (Å²) in [6.07, 6.45) is 3.91. The highest BCUT2D eigenvalue weighted by Crippen LogP contribution is 2.18. The molecule has 0 bridgehead atoms. The van der Waals surface area contributed by atoms with Gasteiger partial charge >= 0.3 is 0 Å². The second kappa shape index (κ2) is 5.83. The standard InChI is InChI=1S/C12H20N2O/c1-5-14-12(10(3)15-4)11-6-9(2)7-13-8-11/h6-8,10,12,14H,5H2,1-4H3. The zero-order valence-corrected chi connectivity index (χ0v) is 9.95. The summed E-state index contributed by atoms with van der Waals surface area (Å²) in [4.78, 5) is 4.21. The molecule has 0 aliphatic rings. The number of methoxy groups -OCH3 is 1. The lowest BCUT2D eigenvalue weighted by molar-refractivity contribution is 0.0834. The van der Waals surface area contributed by atoms with Crippen LogP contribution in [0.15, 0.2) is 18.5 Å². The van der Waals surface area contributed by atoms with Crippen molar-refractivity contribution in [1.82, 2.24) is 10.3 Å². The van der Waals surface area contributed by atoms with Gasteiger partial charge in [-0.3, -0.25) is 4.98 Å². The summed E-state index contributed by atoms with van der Waals surface area (Å²) in [6, 6.07) is 2.36. The number of nitrogens with one attached hydrogen (secondary N) is 1. The van der Waals surface area contributed by atoms with E-state index in [1.807, 2.05) is 12.4 Å². The summed E-state index contributed by atoms with van der Waals surface area (Å²) in [5, 5.41) is 3.41. The molecule has 0 fully saturated rings. The van der Waals surface area contributed by atoms with Crippen molar-refractivity contribution in [2.45, 2.75) is 32.9 Å². The van der Waals surface area contributed by atoms with E-state index < -0.39 is 0 Å². The van der Waals surface area contributed by atoms with Crippen LogP contribution in [0.1, 0.15) is 31.0 Å². The van der Waals surface area contributed by atoms with E-state index in [0.29, 0.717) is 0 Å². The predicted molar refractivity (Wildman–Crippen MR) is 61.9 cm³/mol. The van der Waals surface area contributed by atoms with E-state index >= 15 is 0 Å². The summed E-state index contributed by atoms with van der Waals surface area (Å²) in [5.74, 6) is 0. The van der Waals surface area contributed by atoms with Gasteiger partial charge in [0.15, 0.2) is 0 Å². The summed E-state index contributed by atoms with van der Waals surface area (Å²) < 4.78 is 5.37. The van der Waals surface area contributed by atoms with Crippen molar-refractivity contribution < 1.29 is 4.74 Å². The third kappa shape index (κ3) is 3.29. The average molecular weight is 208 g/mol. The molecule has 0 aliphatic heterocycles. The summed E-state index contributed by atoms with van der Waals surface area (Å²) >= 11 is 0. The van der Waals surface area contributed by atoms with E-state index in [4.69, 9.17) is 4.74 Å². The predicted octanol–water partition coefficient (Wildman–Crippen LogP) is 2.08. The second-order valence-corrected chi connectivity index (χ2v) is 3.77. The van der Waals surface area contributed by atoms with E-state index in [-0.39, 0.29) is 12.1 Å². The Morgan fingerprint density at radius 3 is 2.73 bits per heavy atom. The van der Waals surface area contributed by atoms with E-state index in [1.165, 1.54) is 11.1 Å². The van der Waals surface area contributed by atoms with Crippen LogP contribution in [0.5, 0.6) is 0 Å². The molecule has 84 valence electrons. The van der Waals surface area contributed by atoms with Crippen molar-refractivity contribution in [2.24, 2.45) is 0 Å². The normalized spacial score (nSPS) is 14.9. The Morgan fingerprint density at radius 1 is 1.47 bits per heavy atom. The zero-order valence-electron chi connectivity index (χ0n) is 9.95. The van der Waals surface area contributed by atoms with E-state index in [1.54, 1.807) is 7.11 Å². The van der Waals surface area contributed by atoms with Gasteiger partial charge in [-0.15, -0.1) is 0 Å². The molecule has 1 aromatic heterocycles. The third-order valence-electron chi connectivity index (χ3n) is 2.52. The number of ether oxygens (including phenoxy) is 1. The first kappa shape index (κ1) is 12.1. The van der Waals surface area contributed by atoms with Gasteiger partial charge in [0.05, 0.1) is 12.1 Å². The minimum atomic E-state index is 0.147. The van der Waals surface area contributed by atoms with Crippen LogP contribution in [-0.4, -0.2) is 24.7 Å². The highest BCUT2D eigenvalue weighted by atomic mass is 16.5. The molecule has 15 heavy (non-hydrogen) atoms. The summed E-state index contributed by atoms with van der Waals surface area (Å²) in [5.41, 5.74) is 2.37. The maximum atomic E-state index is 5.37. The van der Waals surface area contributed by atoms with Crippen LogP contribution in [0, 0.1) is 6.92 Å². The van der Waals surface area contributed by atoms with Gasteiger partial charge in [-0.1, -0.05) is 13.0 Å². The molecule has 0 saturated heterocycles. The van der Waals surface area contributed by atoms with Gasteiger partial charge in [-0.05, 0) is 31.5 Å². The molecule has 1 N–H and O–H groups in total. The van der Waals surface area contributed by atoms with Gasteiger partial charge in [-0.25, -0.2) is 0 Å². The first-order valence-corrected chi connectivity index (χ1v) is 5.36. The van der Waals surface area contributed by atoms with Crippen molar-refractivity contribution in [3.63, 3.8) is 0 Å². The van der Waals surface area contributed by atoms with Crippen LogP contribution in [0.25, 0.3) is 0 Å². The molecule has 0 aliphatic carbocycles. The van der Waals surface area contributed by atoms with Crippen LogP contribution in [-0.2, 0) is 4.74 Å². The Bertz CT molecular complexity index is 301. The van der Waals surface area contributed by atoms with Gasteiger partial charge in [0.1, 0.15) is 0 Å². The maximum Gasteiger partial charge on any atom is 0.0738 e. The zero-order chi connectivity index (χ0) is 11.3. The van der Waals surface area contributed by atoms with Crippen LogP contribution in [0.2, 0.25) is 0 Å². The highest BCUT2D eigenvalue weighted by molar-refractivity contribution is 5.21. The smallest absolute Gasteiger partial charge is 0.0738 e. The molecule has 3 heteroatoms. The number of aryl methyl sites for hydroxylation is 1. The molecule has 0 amide bonds. The molecular formula is C12H20N2O.